The van der Waals surface area contributed by atoms with E-state index in [-0.39, 0.29) is 6.61 Å². The zero-order valence-corrected chi connectivity index (χ0v) is 10.6. The molecule has 0 radical (unpaired) electrons. The van der Waals surface area contributed by atoms with Crippen molar-refractivity contribution in [3.8, 4) is 0 Å². The lowest BCUT2D eigenvalue weighted by atomic mass is 9.97. The molecule has 0 unspecified atom stereocenters. The van der Waals surface area contributed by atoms with Crippen molar-refractivity contribution in [1.82, 2.24) is 9.88 Å². The van der Waals surface area contributed by atoms with Crippen LogP contribution in [0.4, 0.5) is 6.01 Å². The molecular weight excluding hydrogens is 218 g/mol. The summed E-state index contributed by atoms with van der Waals surface area (Å²) in [5.74, 6) is 0.709. The number of rotatable bonds is 4. The molecule has 17 heavy (non-hydrogen) atoms. The molecule has 1 aliphatic rings. The fourth-order valence-electron chi connectivity index (χ4n) is 2.25. The van der Waals surface area contributed by atoms with Crippen molar-refractivity contribution in [2.75, 3.05) is 38.6 Å². The fourth-order valence-corrected chi connectivity index (χ4v) is 2.25. The second-order valence-corrected chi connectivity index (χ2v) is 4.91. The molecule has 2 heterocycles. The number of oxazole rings is 1. The average molecular weight is 239 g/mol. The topological polar surface area (TPSA) is 52.7 Å². The van der Waals surface area contributed by atoms with E-state index in [0.717, 1.165) is 6.54 Å². The summed E-state index contributed by atoms with van der Waals surface area (Å²) in [5.41, 5.74) is 0.593. The third-order valence-electron chi connectivity index (χ3n) is 3.40. The first kappa shape index (κ1) is 12.4. The van der Waals surface area contributed by atoms with Gasteiger partial charge in [0.15, 0.2) is 0 Å². The van der Waals surface area contributed by atoms with Crippen LogP contribution in [0.1, 0.15) is 18.5 Å². The molecule has 0 bridgehead atoms. The molecular formula is C12H21N3O2. The fraction of sp³-hybridized carbons (Fsp3) is 0.750. The van der Waals surface area contributed by atoms with E-state index in [1.165, 1.54) is 32.2 Å². The molecule has 1 fully saturated rings. The normalized spacial score (nSPS) is 18.5. The highest BCUT2D eigenvalue weighted by Crippen LogP contribution is 2.20. The van der Waals surface area contributed by atoms with E-state index in [4.69, 9.17) is 9.52 Å². The predicted molar refractivity (Wildman–Crippen MR) is 65.9 cm³/mol. The first-order valence-corrected chi connectivity index (χ1v) is 6.14. The van der Waals surface area contributed by atoms with Crippen molar-refractivity contribution in [3.63, 3.8) is 0 Å². The molecule has 1 aromatic heterocycles. The van der Waals surface area contributed by atoms with Gasteiger partial charge in [-0.15, -0.1) is 0 Å². The maximum atomic E-state index is 8.94. The van der Waals surface area contributed by atoms with Gasteiger partial charge >= 0.3 is 0 Å². The first-order chi connectivity index (χ1) is 8.19. The van der Waals surface area contributed by atoms with Crippen LogP contribution >= 0.6 is 0 Å². The van der Waals surface area contributed by atoms with Gasteiger partial charge in [0.1, 0.15) is 12.0 Å². The molecule has 1 saturated heterocycles. The lowest BCUT2D eigenvalue weighted by Gasteiger charge is -2.31. The Balaban J connectivity index is 1.86. The van der Waals surface area contributed by atoms with E-state index in [0.29, 0.717) is 17.6 Å². The largest absolute Gasteiger partial charge is 0.432 e. The van der Waals surface area contributed by atoms with Crippen LogP contribution in [0.2, 0.25) is 0 Å². The molecule has 1 N–H and O–H groups in total. The van der Waals surface area contributed by atoms with E-state index in [1.54, 1.807) is 0 Å². The summed E-state index contributed by atoms with van der Waals surface area (Å²) in [6, 6.07) is 0.605. The molecule has 96 valence electrons. The molecule has 0 amide bonds. The molecule has 0 spiro atoms. The van der Waals surface area contributed by atoms with Crippen LogP contribution in [0.15, 0.2) is 10.7 Å². The van der Waals surface area contributed by atoms with Gasteiger partial charge in [0.05, 0.1) is 6.61 Å². The molecule has 0 aliphatic carbocycles. The Kier molecular flexibility index (Phi) is 4.02. The summed E-state index contributed by atoms with van der Waals surface area (Å²) in [4.78, 5) is 8.61. The van der Waals surface area contributed by atoms with Gasteiger partial charge in [-0.1, -0.05) is 0 Å². The van der Waals surface area contributed by atoms with Gasteiger partial charge in [0, 0.05) is 13.6 Å². The van der Waals surface area contributed by atoms with Gasteiger partial charge in [0.25, 0.3) is 6.01 Å². The van der Waals surface area contributed by atoms with E-state index >= 15 is 0 Å². The van der Waals surface area contributed by atoms with Crippen molar-refractivity contribution < 1.29 is 9.52 Å². The molecule has 5 nitrogen and oxygen atoms in total. The van der Waals surface area contributed by atoms with Gasteiger partial charge in [-0.25, -0.2) is 0 Å². The number of hydrogen-bond donors (Lipinski definition) is 1. The molecule has 0 atom stereocenters. The smallest absolute Gasteiger partial charge is 0.297 e. The number of nitrogens with zero attached hydrogens (tertiary/aromatic N) is 3. The quantitative estimate of drug-likeness (QED) is 0.847. The molecule has 1 aromatic rings. The summed E-state index contributed by atoms with van der Waals surface area (Å²) in [5, 5.41) is 8.94. The van der Waals surface area contributed by atoms with Crippen LogP contribution in [0.25, 0.3) is 0 Å². The highest BCUT2D eigenvalue weighted by Gasteiger charge is 2.19. The second-order valence-electron chi connectivity index (χ2n) is 4.91. The van der Waals surface area contributed by atoms with Crippen LogP contribution in [-0.4, -0.2) is 48.7 Å². The third-order valence-corrected chi connectivity index (χ3v) is 3.40. The SMILES string of the molecule is CN1CCC(CN(C)c2nc(CO)co2)CC1. The van der Waals surface area contributed by atoms with Crippen molar-refractivity contribution in [2.45, 2.75) is 19.4 Å². The van der Waals surface area contributed by atoms with Crippen molar-refractivity contribution >= 4 is 6.01 Å². The predicted octanol–water partition coefficient (Wildman–Crippen LogP) is 0.945. The lowest BCUT2D eigenvalue weighted by Crippen LogP contribution is -2.35. The second kappa shape index (κ2) is 5.51. The highest BCUT2D eigenvalue weighted by atomic mass is 16.4. The van der Waals surface area contributed by atoms with Gasteiger partial charge in [-0.2, -0.15) is 4.98 Å². The molecule has 0 saturated carbocycles. The van der Waals surface area contributed by atoms with E-state index in [2.05, 4.69) is 16.9 Å². The minimum Gasteiger partial charge on any atom is -0.432 e. The van der Waals surface area contributed by atoms with E-state index < -0.39 is 0 Å². The Hall–Kier alpha value is -1.07. The van der Waals surface area contributed by atoms with E-state index in [1.807, 2.05) is 11.9 Å². The molecule has 0 aromatic carbocycles. The number of piperidine rings is 1. The number of aliphatic hydroxyl groups is 1. The van der Waals surface area contributed by atoms with E-state index in [9.17, 15) is 0 Å². The zero-order valence-electron chi connectivity index (χ0n) is 10.6. The Labute approximate surface area is 102 Å². The number of aliphatic hydroxyl groups excluding tert-OH is 1. The monoisotopic (exact) mass is 239 g/mol. The maximum absolute atomic E-state index is 8.94. The van der Waals surface area contributed by atoms with Crippen LogP contribution in [0.5, 0.6) is 0 Å². The van der Waals surface area contributed by atoms with Gasteiger partial charge in [-0.3, -0.25) is 0 Å². The van der Waals surface area contributed by atoms with Gasteiger partial charge < -0.3 is 19.3 Å². The summed E-state index contributed by atoms with van der Waals surface area (Å²) < 4.78 is 5.32. The summed E-state index contributed by atoms with van der Waals surface area (Å²) in [7, 11) is 4.16. The number of anilines is 1. The standard InChI is InChI=1S/C12H21N3O2/c1-14-5-3-10(4-6-14)7-15(2)12-13-11(8-16)9-17-12/h9-10,16H,3-8H2,1-2H3. The summed E-state index contributed by atoms with van der Waals surface area (Å²) in [6.07, 6.45) is 3.98. The van der Waals surface area contributed by atoms with Crippen molar-refractivity contribution in [2.24, 2.45) is 5.92 Å². The van der Waals surface area contributed by atoms with Crippen LogP contribution in [-0.2, 0) is 6.61 Å². The van der Waals surface area contributed by atoms with Crippen LogP contribution in [0.3, 0.4) is 0 Å². The highest BCUT2D eigenvalue weighted by molar-refractivity contribution is 5.25. The zero-order chi connectivity index (χ0) is 12.3. The Morgan fingerprint density at radius 3 is 2.82 bits per heavy atom. The number of likely N-dealkylation sites (tertiary alicyclic amines) is 1. The Morgan fingerprint density at radius 2 is 2.24 bits per heavy atom. The Morgan fingerprint density at radius 1 is 1.53 bits per heavy atom. The molecule has 5 heteroatoms. The third kappa shape index (κ3) is 3.20. The minimum atomic E-state index is -0.0639. The lowest BCUT2D eigenvalue weighted by molar-refractivity contribution is 0.221. The Bertz CT molecular complexity index is 345. The summed E-state index contributed by atoms with van der Waals surface area (Å²) >= 11 is 0. The summed E-state index contributed by atoms with van der Waals surface area (Å²) in [6.45, 7) is 3.25. The molecule has 2 rings (SSSR count). The van der Waals surface area contributed by atoms with Gasteiger partial charge in [-0.05, 0) is 38.9 Å². The molecule has 1 aliphatic heterocycles. The van der Waals surface area contributed by atoms with Crippen molar-refractivity contribution in [3.05, 3.63) is 12.0 Å². The van der Waals surface area contributed by atoms with Gasteiger partial charge in [0.2, 0.25) is 0 Å². The van der Waals surface area contributed by atoms with Crippen molar-refractivity contribution in [1.29, 1.82) is 0 Å². The first-order valence-electron chi connectivity index (χ1n) is 6.14. The minimum absolute atomic E-state index is 0.0639. The van der Waals surface area contributed by atoms with Crippen LogP contribution in [0, 0.1) is 5.92 Å². The number of hydrogen-bond acceptors (Lipinski definition) is 5. The number of aromatic nitrogens is 1. The maximum Gasteiger partial charge on any atom is 0.297 e. The average Bonchev–Trinajstić information content (AvgIpc) is 2.81. The van der Waals surface area contributed by atoms with Crippen LogP contribution < -0.4 is 4.90 Å².